The monoisotopic (exact) mass is 306 g/mol. The Morgan fingerprint density at radius 3 is 2.90 bits per heavy atom. The van der Waals surface area contributed by atoms with Crippen LogP contribution in [0.2, 0.25) is 0 Å². The molecule has 21 heavy (non-hydrogen) atoms. The first-order chi connectivity index (χ1) is 9.99. The Labute approximate surface area is 131 Å². The van der Waals surface area contributed by atoms with E-state index in [1.807, 2.05) is 16.9 Å². The molecule has 0 radical (unpaired) electrons. The summed E-state index contributed by atoms with van der Waals surface area (Å²) in [4.78, 5) is 6.98. The molecule has 0 N–H and O–H groups in total. The van der Waals surface area contributed by atoms with E-state index in [9.17, 15) is 0 Å². The van der Waals surface area contributed by atoms with Crippen LogP contribution in [0, 0.1) is 5.92 Å². The van der Waals surface area contributed by atoms with Gasteiger partial charge in [-0.25, -0.2) is 9.50 Å². The fourth-order valence-electron chi connectivity index (χ4n) is 2.90. The first-order valence-corrected chi connectivity index (χ1v) is 8.18. The van der Waals surface area contributed by atoms with Crippen LogP contribution in [0.15, 0.2) is 18.5 Å². The molecule has 5 heteroatoms. The number of nitrogens with zero attached hydrogens (tertiary/aromatic N) is 4. The number of piperidine rings is 1. The Bertz CT molecular complexity index is 629. The van der Waals surface area contributed by atoms with Gasteiger partial charge in [-0.2, -0.15) is 5.10 Å². The molecule has 0 bridgehead atoms. The van der Waals surface area contributed by atoms with Crippen molar-refractivity contribution in [2.75, 3.05) is 23.9 Å². The molecule has 1 aliphatic rings. The van der Waals surface area contributed by atoms with Gasteiger partial charge in [0.2, 0.25) is 0 Å². The van der Waals surface area contributed by atoms with Gasteiger partial charge in [0.05, 0.1) is 5.69 Å². The lowest BCUT2D eigenvalue weighted by Gasteiger charge is -2.32. The number of hydrogen-bond acceptors (Lipinski definition) is 3. The van der Waals surface area contributed by atoms with Crippen LogP contribution in [0.25, 0.3) is 5.52 Å². The number of halogens is 1. The molecule has 0 amide bonds. The van der Waals surface area contributed by atoms with Crippen molar-refractivity contribution in [1.29, 1.82) is 0 Å². The van der Waals surface area contributed by atoms with Crippen LogP contribution in [-0.2, 0) is 5.41 Å². The highest BCUT2D eigenvalue weighted by molar-refractivity contribution is 6.18. The van der Waals surface area contributed by atoms with Crippen LogP contribution in [-0.4, -0.2) is 33.6 Å². The molecule has 1 saturated heterocycles. The van der Waals surface area contributed by atoms with E-state index in [1.54, 1.807) is 0 Å². The second-order valence-electron chi connectivity index (χ2n) is 6.97. The summed E-state index contributed by atoms with van der Waals surface area (Å²) in [6, 6.07) is 2.17. The van der Waals surface area contributed by atoms with Crippen molar-refractivity contribution in [2.45, 2.75) is 39.0 Å². The lowest BCUT2D eigenvalue weighted by Crippen LogP contribution is -2.36. The zero-order valence-corrected chi connectivity index (χ0v) is 13.8. The molecule has 0 aromatic carbocycles. The Kier molecular flexibility index (Phi) is 3.82. The number of aromatic nitrogens is 3. The topological polar surface area (TPSA) is 33.4 Å². The zero-order valence-electron chi connectivity index (χ0n) is 13.0. The molecule has 4 nitrogen and oxygen atoms in total. The van der Waals surface area contributed by atoms with Crippen LogP contribution in [0.4, 0.5) is 5.82 Å². The molecule has 1 aliphatic heterocycles. The van der Waals surface area contributed by atoms with Crippen molar-refractivity contribution < 1.29 is 0 Å². The average Bonchev–Trinajstić information content (AvgIpc) is 2.91. The predicted molar refractivity (Wildman–Crippen MR) is 87.3 cm³/mol. The van der Waals surface area contributed by atoms with Gasteiger partial charge in [0, 0.05) is 36.8 Å². The fraction of sp³-hybridized carbons (Fsp3) is 0.625. The van der Waals surface area contributed by atoms with E-state index in [4.69, 9.17) is 16.7 Å². The second-order valence-corrected chi connectivity index (χ2v) is 7.28. The van der Waals surface area contributed by atoms with Crippen LogP contribution in [0.1, 0.15) is 39.3 Å². The van der Waals surface area contributed by atoms with Gasteiger partial charge < -0.3 is 4.90 Å². The van der Waals surface area contributed by atoms with E-state index in [2.05, 4.69) is 36.7 Å². The summed E-state index contributed by atoms with van der Waals surface area (Å²) in [6.07, 6.45) is 6.17. The smallest absolute Gasteiger partial charge is 0.154 e. The minimum atomic E-state index is 0.0455. The molecule has 0 saturated carbocycles. The van der Waals surface area contributed by atoms with Crippen LogP contribution in [0.5, 0.6) is 0 Å². The largest absolute Gasteiger partial charge is 0.355 e. The quantitative estimate of drug-likeness (QED) is 0.797. The molecule has 2 aromatic rings. The van der Waals surface area contributed by atoms with E-state index in [0.29, 0.717) is 5.92 Å². The molecule has 1 atom stereocenters. The van der Waals surface area contributed by atoms with Crippen molar-refractivity contribution >= 4 is 22.9 Å². The third-order valence-corrected chi connectivity index (χ3v) is 4.61. The highest BCUT2D eigenvalue weighted by Gasteiger charge is 2.24. The first-order valence-electron chi connectivity index (χ1n) is 7.65. The van der Waals surface area contributed by atoms with Crippen molar-refractivity contribution in [1.82, 2.24) is 14.6 Å². The number of alkyl halides is 1. The molecule has 3 rings (SSSR count). The van der Waals surface area contributed by atoms with Gasteiger partial charge in [0.1, 0.15) is 5.52 Å². The summed E-state index contributed by atoms with van der Waals surface area (Å²) < 4.78 is 1.95. The van der Waals surface area contributed by atoms with Gasteiger partial charge in [-0.1, -0.05) is 20.8 Å². The third kappa shape index (κ3) is 2.86. The molecule has 2 aromatic heterocycles. The van der Waals surface area contributed by atoms with Gasteiger partial charge in [-0.15, -0.1) is 11.6 Å². The zero-order chi connectivity index (χ0) is 15.0. The van der Waals surface area contributed by atoms with Crippen LogP contribution < -0.4 is 4.90 Å². The highest BCUT2D eigenvalue weighted by Crippen LogP contribution is 2.29. The standard InChI is InChI=1S/C16H23ClN4/c1-16(2,3)14-9-13-15(18-6-8-21(13)19-14)20-7-4-5-12(10-17)11-20/h6,8-9,12H,4-5,7,10-11H2,1-3H3. The maximum atomic E-state index is 6.05. The minimum absolute atomic E-state index is 0.0455. The Morgan fingerprint density at radius 1 is 1.38 bits per heavy atom. The second kappa shape index (κ2) is 5.48. The lowest BCUT2D eigenvalue weighted by molar-refractivity contribution is 0.449. The summed E-state index contributed by atoms with van der Waals surface area (Å²) >= 11 is 6.05. The summed E-state index contributed by atoms with van der Waals surface area (Å²) in [7, 11) is 0. The summed E-state index contributed by atoms with van der Waals surface area (Å²) in [5, 5.41) is 4.70. The first kappa shape index (κ1) is 14.6. The van der Waals surface area contributed by atoms with E-state index < -0.39 is 0 Å². The van der Waals surface area contributed by atoms with Crippen molar-refractivity contribution in [3.8, 4) is 0 Å². The summed E-state index contributed by atoms with van der Waals surface area (Å²) in [5.74, 6) is 2.33. The SMILES string of the molecule is CC(C)(C)c1cc2c(N3CCCC(CCl)C3)nccn2n1. The van der Waals surface area contributed by atoms with Gasteiger partial charge in [-0.3, -0.25) is 0 Å². The molecule has 0 spiro atoms. The number of hydrogen-bond donors (Lipinski definition) is 0. The van der Waals surface area contributed by atoms with Crippen molar-refractivity contribution in [2.24, 2.45) is 5.92 Å². The average molecular weight is 307 g/mol. The van der Waals surface area contributed by atoms with Crippen LogP contribution >= 0.6 is 11.6 Å². The third-order valence-electron chi connectivity index (χ3n) is 4.17. The Hall–Kier alpha value is -1.29. The maximum absolute atomic E-state index is 6.05. The molecule has 0 aliphatic carbocycles. The maximum Gasteiger partial charge on any atom is 0.154 e. The minimum Gasteiger partial charge on any atom is -0.355 e. The number of fused-ring (bicyclic) bond motifs is 1. The number of anilines is 1. The summed E-state index contributed by atoms with van der Waals surface area (Å²) in [6.45, 7) is 8.60. The van der Waals surface area contributed by atoms with E-state index in [1.165, 1.54) is 12.8 Å². The number of rotatable bonds is 2. The van der Waals surface area contributed by atoms with E-state index in [0.717, 1.165) is 36.0 Å². The normalized spacial score (nSPS) is 20.2. The molecule has 1 unspecified atom stereocenters. The van der Waals surface area contributed by atoms with Crippen molar-refractivity contribution in [3.05, 3.63) is 24.2 Å². The Morgan fingerprint density at radius 2 is 2.19 bits per heavy atom. The van der Waals surface area contributed by atoms with Gasteiger partial charge in [-0.05, 0) is 24.8 Å². The van der Waals surface area contributed by atoms with Gasteiger partial charge in [0.15, 0.2) is 5.82 Å². The predicted octanol–water partition coefficient (Wildman–Crippen LogP) is 3.48. The molecule has 3 heterocycles. The van der Waals surface area contributed by atoms with Crippen molar-refractivity contribution in [3.63, 3.8) is 0 Å². The Balaban J connectivity index is 2.00. The lowest BCUT2D eigenvalue weighted by atomic mass is 9.92. The van der Waals surface area contributed by atoms with Crippen LogP contribution in [0.3, 0.4) is 0 Å². The molecular weight excluding hydrogens is 284 g/mol. The molecule has 114 valence electrons. The molecular formula is C16H23ClN4. The summed E-state index contributed by atoms with van der Waals surface area (Å²) in [5.41, 5.74) is 2.24. The van der Waals surface area contributed by atoms with Gasteiger partial charge >= 0.3 is 0 Å². The van der Waals surface area contributed by atoms with E-state index in [-0.39, 0.29) is 5.41 Å². The molecule has 1 fully saturated rings. The highest BCUT2D eigenvalue weighted by atomic mass is 35.5. The fourth-order valence-corrected chi connectivity index (χ4v) is 3.15. The van der Waals surface area contributed by atoms with Gasteiger partial charge in [0.25, 0.3) is 0 Å². The van der Waals surface area contributed by atoms with E-state index >= 15 is 0 Å².